The molecule has 36 heavy (non-hydrogen) atoms. The second kappa shape index (κ2) is 10.0. The average molecular weight is 563 g/mol. The standard InChI is InChI=1S/C24H26N4O4S4/c1-31-23-25-19-17(13-7-3-5-9-15(13)35-19)21(29)27(23)11-33-34-12-28-22(30)18-14-8-4-6-10-16(14)36-20(18)26-24(28)32-2/h3-12H2,1-2H3. The SMILES string of the molecule is COc1nc2sc3c(c2c(=O)n1CSSCn1c(OC)nc2sc4c(c2c1=O)CCCC4)CCCC3. The number of nitrogens with zero attached hydrogens (tertiary/aromatic N) is 4. The van der Waals surface area contributed by atoms with Gasteiger partial charge in [0.2, 0.25) is 0 Å². The lowest BCUT2D eigenvalue weighted by Gasteiger charge is -2.13. The summed E-state index contributed by atoms with van der Waals surface area (Å²) in [6.07, 6.45) is 8.45. The highest BCUT2D eigenvalue weighted by atomic mass is 33.1. The Morgan fingerprint density at radius 3 is 1.56 bits per heavy atom. The Bertz CT molecular complexity index is 1470. The molecule has 0 atom stereocenters. The molecule has 0 aliphatic heterocycles. The topological polar surface area (TPSA) is 88.2 Å². The Morgan fingerprint density at radius 1 is 0.722 bits per heavy atom. The molecule has 2 aliphatic rings. The number of hydrogen-bond donors (Lipinski definition) is 0. The van der Waals surface area contributed by atoms with Crippen LogP contribution in [0, 0.1) is 0 Å². The Balaban J connectivity index is 1.26. The van der Waals surface area contributed by atoms with Crippen molar-refractivity contribution in [3.8, 4) is 12.0 Å². The lowest BCUT2D eigenvalue weighted by Crippen LogP contribution is -2.23. The highest BCUT2D eigenvalue weighted by molar-refractivity contribution is 8.76. The van der Waals surface area contributed by atoms with Crippen molar-refractivity contribution in [3.05, 3.63) is 41.6 Å². The van der Waals surface area contributed by atoms with Crippen molar-refractivity contribution in [3.63, 3.8) is 0 Å². The number of fused-ring (bicyclic) bond motifs is 6. The van der Waals surface area contributed by atoms with Crippen LogP contribution >= 0.6 is 44.3 Å². The van der Waals surface area contributed by atoms with Gasteiger partial charge in [-0.3, -0.25) is 18.7 Å². The van der Waals surface area contributed by atoms with Gasteiger partial charge in [0.1, 0.15) is 9.66 Å². The van der Waals surface area contributed by atoms with E-state index in [9.17, 15) is 9.59 Å². The lowest BCUT2D eigenvalue weighted by molar-refractivity contribution is 0.358. The number of thiophene rings is 2. The summed E-state index contributed by atoms with van der Waals surface area (Å²) >= 11 is 3.24. The minimum atomic E-state index is -0.0490. The normalized spacial score (nSPS) is 15.3. The third-order valence-electron chi connectivity index (χ3n) is 6.89. The number of aryl methyl sites for hydroxylation is 4. The zero-order valence-electron chi connectivity index (χ0n) is 20.1. The molecule has 2 aliphatic carbocycles. The van der Waals surface area contributed by atoms with Crippen LogP contribution in [0.15, 0.2) is 9.59 Å². The number of rotatable bonds is 7. The van der Waals surface area contributed by atoms with Gasteiger partial charge < -0.3 is 9.47 Å². The van der Waals surface area contributed by atoms with Crippen molar-refractivity contribution in [2.75, 3.05) is 14.2 Å². The molecular formula is C24H26N4O4S4. The fourth-order valence-electron chi connectivity index (χ4n) is 5.16. The van der Waals surface area contributed by atoms with E-state index in [1.807, 2.05) is 0 Å². The van der Waals surface area contributed by atoms with E-state index in [1.165, 1.54) is 42.5 Å². The van der Waals surface area contributed by atoms with E-state index in [-0.39, 0.29) is 11.1 Å². The Hall–Kier alpha value is -2.02. The van der Waals surface area contributed by atoms with Crippen LogP contribution < -0.4 is 20.6 Å². The molecule has 0 unspecified atom stereocenters. The van der Waals surface area contributed by atoms with Crippen molar-refractivity contribution >= 4 is 64.7 Å². The van der Waals surface area contributed by atoms with Gasteiger partial charge in [0.05, 0.1) is 36.7 Å². The van der Waals surface area contributed by atoms with Crippen LogP contribution in [-0.2, 0) is 37.4 Å². The summed E-state index contributed by atoms with van der Waals surface area (Å²) in [5.41, 5.74) is 2.24. The fourth-order valence-corrected chi connectivity index (χ4v) is 9.54. The second-order valence-corrected chi connectivity index (χ2v) is 13.5. The van der Waals surface area contributed by atoms with Gasteiger partial charge in [-0.25, -0.2) is 0 Å². The summed E-state index contributed by atoms with van der Waals surface area (Å²) in [6, 6.07) is 0.642. The van der Waals surface area contributed by atoms with E-state index in [2.05, 4.69) is 9.97 Å². The molecule has 0 N–H and O–H groups in total. The van der Waals surface area contributed by atoms with E-state index in [4.69, 9.17) is 9.47 Å². The molecule has 4 heterocycles. The van der Waals surface area contributed by atoms with Gasteiger partial charge in [-0.1, -0.05) is 21.6 Å². The zero-order valence-corrected chi connectivity index (χ0v) is 23.4. The molecule has 0 bridgehead atoms. The van der Waals surface area contributed by atoms with Crippen molar-refractivity contribution in [1.82, 2.24) is 19.1 Å². The first-order valence-corrected chi connectivity index (χ1v) is 16.2. The van der Waals surface area contributed by atoms with Crippen molar-refractivity contribution in [2.24, 2.45) is 0 Å². The summed E-state index contributed by atoms with van der Waals surface area (Å²) < 4.78 is 14.2. The summed E-state index contributed by atoms with van der Waals surface area (Å²) in [6.45, 7) is 0. The van der Waals surface area contributed by atoms with Gasteiger partial charge in [0.15, 0.2) is 0 Å². The monoisotopic (exact) mass is 562 g/mol. The summed E-state index contributed by atoms with van der Waals surface area (Å²) in [7, 11) is 6.05. The van der Waals surface area contributed by atoms with Crippen LogP contribution in [0.3, 0.4) is 0 Å². The van der Waals surface area contributed by atoms with E-state index in [1.54, 1.807) is 46.0 Å². The van der Waals surface area contributed by atoms with Crippen LogP contribution in [0.25, 0.3) is 20.4 Å². The van der Waals surface area contributed by atoms with Crippen molar-refractivity contribution in [1.29, 1.82) is 0 Å². The lowest BCUT2D eigenvalue weighted by atomic mass is 9.97. The van der Waals surface area contributed by atoms with Crippen LogP contribution in [-0.4, -0.2) is 33.3 Å². The maximum atomic E-state index is 13.5. The minimum absolute atomic E-state index is 0.0490. The smallest absolute Gasteiger partial charge is 0.301 e. The molecule has 8 nitrogen and oxygen atoms in total. The van der Waals surface area contributed by atoms with Crippen molar-refractivity contribution < 1.29 is 9.47 Å². The number of aromatic nitrogens is 4. The zero-order chi connectivity index (χ0) is 24.8. The number of ether oxygens (including phenoxy) is 2. The van der Waals surface area contributed by atoms with Gasteiger partial charge >= 0.3 is 12.0 Å². The maximum Gasteiger partial charge on any atom is 0.301 e. The maximum absolute atomic E-state index is 13.5. The molecule has 6 rings (SSSR count). The van der Waals surface area contributed by atoms with E-state index < -0.39 is 0 Å². The molecule has 190 valence electrons. The minimum Gasteiger partial charge on any atom is -0.468 e. The van der Waals surface area contributed by atoms with Crippen LogP contribution in [0.1, 0.15) is 46.6 Å². The van der Waals surface area contributed by atoms with Crippen LogP contribution in [0.4, 0.5) is 0 Å². The molecule has 12 heteroatoms. The third kappa shape index (κ3) is 4.06. The van der Waals surface area contributed by atoms with E-state index in [0.717, 1.165) is 71.8 Å². The molecule has 0 saturated heterocycles. The average Bonchev–Trinajstić information content (AvgIpc) is 3.46. The molecule has 0 fully saturated rings. The Morgan fingerprint density at radius 2 is 1.14 bits per heavy atom. The van der Waals surface area contributed by atoms with E-state index >= 15 is 0 Å². The number of methoxy groups -OCH3 is 2. The summed E-state index contributed by atoms with van der Waals surface area (Å²) in [4.78, 5) is 40.3. The first kappa shape index (κ1) is 24.3. The van der Waals surface area contributed by atoms with Crippen molar-refractivity contribution in [2.45, 2.75) is 63.1 Å². The van der Waals surface area contributed by atoms with Gasteiger partial charge in [0.25, 0.3) is 11.1 Å². The van der Waals surface area contributed by atoms with E-state index in [0.29, 0.717) is 23.8 Å². The van der Waals surface area contributed by atoms with Gasteiger partial charge in [0, 0.05) is 9.75 Å². The molecule has 0 aromatic carbocycles. The first-order valence-electron chi connectivity index (χ1n) is 12.0. The molecule has 4 aromatic rings. The predicted octanol–water partition coefficient (Wildman–Crippen LogP) is 5.00. The Labute approximate surface area is 223 Å². The van der Waals surface area contributed by atoms with Gasteiger partial charge in [-0.15, -0.1) is 22.7 Å². The van der Waals surface area contributed by atoms with Gasteiger partial charge in [-0.2, -0.15) is 9.97 Å². The molecule has 0 spiro atoms. The van der Waals surface area contributed by atoms with Crippen LogP contribution in [0.5, 0.6) is 12.0 Å². The third-order valence-corrected chi connectivity index (χ3v) is 11.3. The second-order valence-electron chi connectivity index (χ2n) is 8.94. The first-order chi connectivity index (χ1) is 17.6. The summed E-state index contributed by atoms with van der Waals surface area (Å²) in [5.74, 6) is 0.724. The quantitative estimate of drug-likeness (QED) is 0.230. The highest BCUT2D eigenvalue weighted by Crippen LogP contribution is 2.37. The molecule has 0 radical (unpaired) electrons. The molecule has 0 saturated carbocycles. The largest absolute Gasteiger partial charge is 0.468 e. The number of hydrogen-bond acceptors (Lipinski definition) is 10. The van der Waals surface area contributed by atoms with Crippen LogP contribution in [0.2, 0.25) is 0 Å². The molecular weight excluding hydrogens is 537 g/mol. The molecule has 4 aromatic heterocycles. The highest BCUT2D eigenvalue weighted by Gasteiger charge is 2.24. The predicted molar refractivity (Wildman–Crippen MR) is 149 cm³/mol. The summed E-state index contributed by atoms with van der Waals surface area (Å²) in [5, 5.41) is 1.49. The molecule has 0 amide bonds. The Kier molecular flexibility index (Phi) is 6.78. The fraction of sp³-hybridized carbons (Fsp3) is 0.500. The van der Waals surface area contributed by atoms with Gasteiger partial charge in [-0.05, 0) is 62.5 Å².